The minimum absolute atomic E-state index is 0.0400. The number of ether oxygens (including phenoxy) is 2. The zero-order chi connectivity index (χ0) is 37.5. The number of halogens is 1. The van der Waals surface area contributed by atoms with Crippen LogP contribution in [0.1, 0.15) is 76.2 Å². The van der Waals surface area contributed by atoms with Crippen LogP contribution < -0.4 is 26.4 Å². The standard InChI is InChI=1S/C36H57ClN6O8S/c1-52(48,49)42-31(10-7-25-11-17-39-18-12-25)36(47)43-23-29(51-24-27-5-8-28(37)9-6-27)22-32(43)34(45)41-30(4-2-3-16-38)33(44)35(46)40-19-13-26-14-20-50-21-15-26/h5-6,8-9,25-26,29-32,39,42H,2-4,7,10-24,38H2,1H3,(H,40,46)(H,41,45)/t29-,30+,31-,32+/m1/s1. The largest absolute Gasteiger partial charge is 0.381 e. The van der Waals surface area contributed by atoms with Crippen molar-refractivity contribution >= 4 is 45.1 Å². The van der Waals surface area contributed by atoms with Gasteiger partial charge >= 0.3 is 0 Å². The molecule has 14 nitrogen and oxygen atoms in total. The van der Waals surface area contributed by atoms with Crippen molar-refractivity contribution in [2.24, 2.45) is 17.6 Å². The van der Waals surface area contributed by atoms with Crippen molar-refractivity contribution in [1.82, 2.24) is 25.6 Å². The molecule has 6 N–H and O–H groups in total. The fourth-order valence-corrected chi connectivity index (χ4v) is 8.03. The van der Waals surface area contributed by atoms with Crippen LogP contribution in [-0.2, 0) is 45.3 Å². The van der Waals surface area contributed by atoms with E-state index in [1.807, 2.05) is 12.1 Å². The molecule has 3 aliphatic heterocycles. The fourth-order valence-electron chi connectivity index (χ4n) is 7.17. The highest BCUT2D eigenvalue weighted by Crippen LogP contribution is 2.26. The number of Topliss-reactive ketones (excluding diaryl/α,β-unsaturated/α-hetero) is 1. The van der Waals surface area contributed by atoms with Crippen LogP contribution in [0.2, 0.25) is 5.02 Å². The second-order valence-corrected chi connectivity index (χ2v) is 16.5. The molecule has 4 rings (SSSR count). The molecule has 1 aromatic carbocycles. The number of amides is 3. The van der Waals surface area contributed by atoms with Crippen molar-refractivity contribution in [1.29, 1.82) is 0 Å². The van der Waals surface area contributed by atoms with Gasteiger partial charge in [-0.05, 0) is 113 Å². The van der Waals surface area contributed by atoms with Crippen molar-refractivity contribution in [3.63, 3.8) is 0 Å². The molecule has 52 heavy (non-hydrogen) atoms. The fraction of sp³-hybridized carbons (Fsp3) is 0.722. The van der Waals surface area contributed by atoms with Crippen LogP contribution in [0.3, 0.4) is 0 Å². The first kappa shape index (κ1) is 42.1. The Morgan fingerprint density at radius 1 is 1.00 bits per heavy atom. The van der Waals surface area contributed by atoms with E-state index in [0.717, 1.165) is 57.0 Å². The number of carbonyl (C=O) groups is 4. The molecule has 0 saturated carbocycles. The zero-order valence-electron chi connectivity index (χ0n) is 30.3. The SMILES string of the molecule is CS(=O)(=O)N[C@H](CCC1CCNCC1)C(=O)N1C[C@H](OCc2ccc(Cl)cc2)C[C@H]1C(=O)N[C@@H](CCCCN)C(=O)C(=O)NCCC1CCOCC1. The van der Waals surface area contributed by atoms with E-state index in [2.05, 4.69) is 20.7 Å². The van der Waals surface area contributed by atoms with Crippen LogP contribution in [0.15, 0.2) is 24.3 Å². The summed E-state index contributed by atoms with van der Waals surface area (Å²) in [5.74, 6) is -1.93. The minimum Gasteiger partial charge on any atom is -0.381 e. The summed E-state index contributed by atoms with van der Waals surface area (Å²) < 4.78 is 39.0. The van der Waals surface area contributed by atoms with Crippen LogP contribution in [0.5, 0.6) is 0 Å². The number of carbonyl (C=O) groups excluding carboxylic acids is 4. The van der Waals surface area contributed by atoms with Crippen molar-refractivity contribution in [3.05, 3.63) is 34.9 Å². The summed E-state index contributed by atoms with van der Waals surface area (Å²) in [6, 6.07) is 3.86. The Hall–Kier alpha value is -2.66. The highest BCUT2D eigenvalue weighted by molar-refractivity contribution is 7.88. The summed E-state index contributed by atoms with van der Waals surface area (Å²) in [4.78, 5) is 56.2. The number of hydrogen-bond donors (Lipinski definition) is 5. The first-order chi connectivity index (χ1) is 24.9. The van der Waals surface area contributed by atoms with E-state index in [1.165, 1.54) is 4.90 Å². The third-order valence-electron chi connectivity index (χ3n) is 10.2. The molecule has 1 aromatic rings. The van der Waals surface area contributed by atoms with Gasteiger partial charge in [0.25, 0.3) is 5.91 Å². The minimum atomic E-state index is -3.78. The van der Waals surface area contributed by atoms with E-state index >= 15 is 0 Å². The number of piperidine rings is 1. The van der Waals surface area contributed by atoms with E-state index in [9.17, 15) is 27.6 Å². The second kappa shape index (κ2) is 21.3. The molecule has 4 atom stereocenters. The van der Waals surface area contributed by atoms with Gasteiger partial charge < -0.3 is 36.1 Å². The molecular weight excluding hydrogens is 712 g/mol. The van der Waals surface area contributed by atoms with Gasteiger partial charge in [-0.1, -0.05) is 23.7 Å². The Balaban J connectivity index is 1.49. The van der Waals surface area contributed by atoms with Gasteiger partial charge in [-0.2, -0.15) is 0 Å². The van der Waals surface area contributed by atoms with Crippen LogP contribution in [-0.4, -0.2) is 113 Å². The van der Waals surface area contributed by atoms with Gasteiger partial charge in [-0.3, -0.25) is 19.2 Å². The summed E-state index contributed by atoms with van der Waals surface area (Å²) in [5.41, 5.74) is 6.55. The molecular formula is C36H57ClN6O8S. The molecule has 0 spiro atoms. The maximum Gasteiger partial charge on any atom is 0.289 e. The van der Waals surface area contributed by atoms with Crippen LogP contribution in [0.25, 0.3) is 0 Å². The lowest BCUT2D eigenvalue weighted by Gasteiger charge is -2.30. The van der Waals surface area contributed by atoms with Gasteiger partial charge in [0, 0.05) is 37.7 Å². The van der Waals surface area contributed by atoms with Gasteiger partial charge in [0.15, 0.2) is 0 Å². The summed E-state index contributed by atoms with van der Waals surface area (Å²) in [6.45, 7) is 4.06. The molecule has 3 fully saturated rings. The predicted molar refractivity (Wildman–Crippen MR) is 198 cm³/mol. The first-order valence-corrected chi connectivity index (χ1v) is 20.9. The van der Waals surface area contributed by atoms with Crippen LogP contribution >= 0.6 is 11.6 Å². The van der Waals surface area contributed by atoms with E-state index < -0.39 is 57.8 Å². The van der Waals surface area contributed by atoms with Crippen molar-refractivity contribution < 1.29 is 37.1 Å². The van der Waals surface area contributed by atoms with Crippen LogP contribution in [0.4, 0.5) is 0 Å². The molecule has 0 aliphatic carbocycles. The third-order valence-corrected chi connectivity index (χ3v) is 11.2. The lowest BCUT2D eigenvalue weighted by molar-refractivity contribution is -0.143. The number of rotatable bonds is 20. The number of nitrogens with one attached hydrogen (secondary N) is 4. The van der Waals surface area contributed by atoms with Gasteiger partial charge in [0.05, 0.1) is 25.0 Å². The lowest BCUT2D eigenvalue weighted by Crippen LogP contribution is -2.56. The zero-order valence-corrected chi connectivity index (χ0v) is 31.9. The summed E-state index contributed by atoms with van der Waals surface area (Å²) in [7, 11) is -3.78. The molecule has 0 unspecified atom stereocenters. The highest BCUT2D eigenvalue weighted by atomic mass is 35.5. The molecule has 16 heteroatoms. The summed E-state index contributed by atoms with van der Waals surface area (Å²) >= 11 is 6.04. The van der Waals surface area contributed by atoms with E-state index in [0.29, 0.717) is 62.4 Å². The predicted octanol–water partition coefficient (Wildman–Crippen LogP) is 1.64. The van der Waals surface area contributed by atoms with Gasteiger partial charge in [0.1, 0.15) is 12.1 Å². The summed E-state index contributed by atoms with van der Waals surface area (Å²) in [6.07, 6.45) is 7.16. The highest BCUT2D eigenvalue weighted by Gasteiger charge is 2.44. The smallest absolute Gasteiger partial charge is 0.289 e. The Kier molecular flexibility index (Phi) is 17.2. The number of unbranched alkanes of at least 4 members (excludes halogenated alkanes) is 1. The van der Waals surface area contributed by atoms with E-state index in [1.54, 1.807) is 12.1 Å². The molecule has 0 radical (unpaired) electrons. The average Bonchev–Trinajstić information content (AvgIpc) is 3.57. The second-order valence-electron chi connectivity index (χ2n) is 14.3. The monoisotopic (exact) mass is 768 g/mol. The Labute approximate surface area is 313 Å². The normalized spacial score (nSPS) is 21.4. The maximum atomic E-state index is 14.2. The topological polar surface area (TPSA) is 198 Å². The number of benzene rings is 1. The molecule has 3 heterocycles. The number of nitrogens with zero attached hydrogens (tertiary/aromatic N) is 1. The third kappa shape index (κ3) is 14.0. The van der Waals surface area contributed by atoms with Gasteiger partial charge in [-0.25, -0.2) is 13.1 Å². The Morgan fingerprint density at radius 3 is 2.37 bits per heavy atom. The molecule has 0 aromatic heterocycles. The Morgan fingerprint density at radius 2 is 1.69 bits per heavy atom. The van der Waals surface area contributed by atoms with E-state index in [-0.39, 0.29) is 32.4 Å². The number of ketones is 1. The molecule has 3 aliphatic rings. The molecule has 0 bridgehead atoms. The summed E-state index contributed by atoms with van der Waals surface area (Å²) in [5, 5.41) is 9.40. The number of nitrogens with two attached hydrogens (primary N) is 1. The molecule has 292 valence electrons. The van der Waals surface area contributed by atoms with Crippen molar-refractivity contribution in [2.75, 3.05) is 52.2 Å². The van der Waals surface area contributed by atoms with E-state index in [4.69, 9.17) is 26.8 Å². The quantitative estimate of drug-likeness (QED) is 0.0961. The number of hydrogen-bond acceptors (Lipinski definition) is 10. The number of sulfonamides is 1. The molecule has 3 amide bonds. The van der Waals surface area contributed by atoms with Crippen molar-refractivity contribution in [2.45, 2.75) is 101 Å². The number of likely N-dealkylation sites (tertiary alicyclic amines) is 1. The molecule has 3 saturated heterocycles. The van der Waals surface area contributed by atoms with Gasteiger partial charge in [-0.15, -0.1) is 0 Å². The van der Waals surface area contributed by atoms with Gasteiger partial charge in [0.2, 0.25) is 27.6 Å². The van der Waals surface area contributed by atoms with Crippen LogP contribution in [0, 0.1) is 11.8 Å². The maximum absolute atomic E-state index is 14.2. The lowest BCUT2D eigenvalue weighted by atomic mass is 9.91. The first-order valence-electron chi connectivity index (χ1n) is 18.7. The van der Waals surface area contributed by atoms with Crippen molar-refractivity contribution in [3.8, 4) is 0 Å². The average molecular weight is 769 g/mol. The Bertz CT molecular complexity index is 1420.